The SMILES string of the molecule is CCn1cc(S(=O)(=O)N(C)CC(C)(C)C)c(N)n1. The van der Waals surface area contributed by atoms with Crippen LogP contribution in [0.1, 0.15) is 27.7 Å². The maximum Gasteiger partial charge on any atom is 0.248 e. The van der Waals surface area contributed by atoms with Gasteiger partial charge in [-0.05, 0) is 12.3 Å². The summed E-state index contributed by atoms with van der Waals surface area (Å²) in [5, 5.41) is 3.96. The number of nitrogens with zero attached hydrogens (tertiary/aromatic N) is 3. The Hall–Kier alpha value is -1.08. The minimum atomic E-state index is -3.57. The van der Waals surface area contributed by atoms with E-state index < -0.39 is 10.0 Å². The van der Waals surface area contributed by atoms with Gasteiger partial charge in [-0.25, -0.2) is 12.7 Å². The second-order valence-corrected chi connectivity index (χ2v) is 7.57. The van der Waals surface area contributed by atoms with Crippen LogP contribution in [0.2, 0.25) is 0 Å². The Morgan fingerprint density at radius 1 is 1.44 bits per heavy atom. The lowest BCUT2D eigenvalue weighted by Gasteiger charge is -2.25. The molecule has 7 heteroatoms. The normalized spacial score (nSPS) is 13.2. The van der Waals surface area contributed by atoms with E-state index in [1.807, 2.05) is 27.7 Å². The molecule has 104 valence electrons. The number of anilines is 1. The fourth-order valence-electron chi connectivity index (χ4n) is 1.70. The highest BCUT2D eigenvalue weighted by atomic mass is 32.2. The van der Waals surface area contributed by atoms with Crippen LogP contribution in [0.15, 0.2) is 11.1 Å². The zero-order valence-electron chi connectivity index (χ0n) is 11.6. The molecule has 0 aromatic carbocycles. The number of hydrogen-bond acceptors (Lipinski definition) is 4. The largest absolute Gasteiger partial charge is 0.381 e. The molecule has 1 aromatic rings. The van der Waals surface area contributed by atoms with Crippen molar-refractivity contribution < 1.29 is 8.42 Å². The molecule has 0 amide bonds. The van der Waals surface area contributed by atoms with E-state index in [4.69, 9.17) is 5.73 Å². The molecule has 6 nitrogen and oxygen atoms in total. The number of sulfonamides is 1. The Morgan fingerprint density at radius 3 is 2.39 bits per heavy atom. The fraction of sp³-hybridized carbons (Fsp3) is 0.727. The summed E-state index contributed by atoms with van der Waals surface area (Å²) in [7, 11) is -2.01. The first-order valence-corrected chi connectivity index (χ1v) is 7.31. The Bertz CT molecular complexity index is 514. The van der Waals surface area contributed by atoms with Gasteiger partial charge < -0.3 is 5.73 Å². The van der Waals surface area contributed by atoms with Gasteiger partial charge in [0.05, 0.1) is 0 Å². The fourth-order valence-corrected chi connectivity index (χ4v) is 3.15. The van der Waals surface area contributed by atoms with Gasteiger partial charge in [-0.2, -0.15) is 5.10 Å². The molecule has 1 rings (SSSR count). The van der Waals surface area contributed by atoms with Crippen molar-refractivity contribution in [3.63, 3.8) is 0 Å². The molecule has 0 aliphatic rings. The first kappa shape index (κ1) is 15.0. The van der Waals surface area contributed by atoms with Crippen LogP contribution >= 0.6 is 0 Å². The molecule has 0 radical (unpaired) electrons. The molecule has 0 aliphatic carbocycles. The first-order valence-electron chi connectivity index (χ1n) is 5.87. The summed E-state index contributed by atoms with van der Waals surface area (Å²) in [6.45, 7) is 8.84. The molecule has 0 unspecified atom stereocenters. The lowest BCUT2D eigenvalue weighted by atomic mass is 9.97. The van der Waals surface area contributed by atoms with Gasteiger partial charge in [0.25, 0.3) is 0 Å². The average Bonchev–Trinajstić information content (AvgIpc) is 2.57. The Kier molecular flexibility index (Phi) is 4.07. The lowest BCUT2D eigenvalue weighted by Crippen LogP contribution is -2.34. The highest BCUT2D eigenvalue weighted by molar-refractivity contribution is 7.89. The molecular formula is C11H22N4O2S. The maximum absolute atomic E-state index is 12.4. The second kappa shape index (κ2) is 4.89. The van der Waals surface area contributed by atoms with Crippen LogP contribution in [-0.2, 0) is 16.6 Å². The van der Waals surface area contributed by atoms with Crippen molar-refractivity contribution >= 4 is 15.8 Å². The number of hydrogen-bond donors (Lipinski definition) is 1. The molecule has 0 saturated carbocycles. The third-order valence-corrected chi connectivity index (χ3v) is 4.28. The molecule has 1 aromatic heterocycles. The van der Waals surface area contributed by atoms with Crippen molar-refractivity contribution in [3.8, 4) is 0 Å². The number of aromatic nitrogens is 2. The number of nitrogens with two attached hydrogens (primary N) is 1. The number of aryl methyl sites for hydroxylation is 1. The van der Waals surface area contributed by atoms with Crippen LogP contribution in [0.4, 0.5) is 5.82 Å². The molecule has 0 spiro atoms. The summed E-state index contributed by atoms with van der Waals surface area (Å²) in [6, 6.07) is 0. The van der Waals surface area contributed by atoms with Gasteiger partial charge in [0.2, 0.25) is 10.0 Å². The monoisotopic (exact) mass is 274 g/mol. The van der Waals surface area contributed by atoms with Crippen LogP contribution in [0, 0.1) is 5.41 Å². The number of rotatable bonds is 4. The molecular weight excluding hydrogens is 252 g/mol. The van der Waals surface area contributed by atoms with Crippen LogP contribution in [-0.4, -0.2) is 36.1 Å². The summed E-state index contributed by atoms with van der Waals surface area (Å²) in [5.41, 5.74) is 5.55. The van der Waals surface area contributed by atoms with Crippen molar-refractivity contribution in [2.24, 2.45) is 5.41 Å². The van der Waals surface area contributed by atoms with Crippen molar-refractivity contribution in [1.29, 1.82) is 0 Å². The van der Waals surface area contributed by atoms with E-state index >= 15 is 0 Å². The van der Waals surface area contributed by atoms with E-state index in [1.165, 1.54) is 15.2 Å². The zero-order chi connectivity index (χ0) is 14.1. The van der Waals surface area contributed by atoms with E-state index in [0.717, 1.165) is 0 Å². The summed E-state index contributed by atoms with van der Waals surface area (Å²) in [5.74, 6) is 0.0533. The summed E-state index contributed by atoms with van der Waals surface area (Å²) in [6.07, 6.45) is 1.48. The summed E-state index contributed by atoms with van der Waals surface area (Å²) in [4.78, 5) is 0.0797. The molecule has 0 aliphatic heterocycles. The van der Waals surface area contributed by atoms with Gasteiger partial charge in [0.15, 0.2) is 5.82 Å². The molecule has 18 heavy (non-hydrogen) atoms. The predicted octanol–water partition coefficient (Wildman–Crippen LogP) is 1.15. The molecule has 0 bridgehead atoms. The van der Waals surface area contributed by atoms with Crippen LogP contribution < -0.4 is 5.73 Å². The van der Waals surface area contributed by atoms with Gasteiger partial charge in [0, 0.05) is 26.3 Å². The minimum Gasteiger partial charge on any atom is -0.381 e. The van der Waals surface area contributed by atoms with E-state index in [0.29, 0.717) is 13.1 Å². The highest BCUT2D eigenvalue weighted by Crippen LogP contribution is 2.23. The zero-order valence-corrected chi connectivity index (χ0v) is 12.5. The second-order valence-electron chi connectivity index (χ2n) is 5.56. The van der Waals surface area contributed by atoms with E-state index in [9.17, 15) is 8.42 Å². The smallest absolute Gasteiger partial charge is 0.248 e. The lowest BCUT2D eigenvalue weighted by molar-refractivity contribution is 0.311. The molecule has 2 N–H and O–H groups in total. The van der Waals surface area contributed by atoms with Crippen LogP contribution in [0.3, 0.4) is 0 Å². The predicted molar refractivity (Wildman–Crippen MR) is 71.6 cm³/mol. The van der Waals surface area contributed by atoms with Gasteiger partial charge in [0.1, 0.15) is 4.90 Å². The minimum absolute atomic E-state index is 0.0533. The maximum atomic E-state index is 12.4. The standard InChI is InChI=1S/C11H22N4O2S/c1-6-15-7-9(10(12)13-15)18(16,17)14(5)8-11(2,3)4/h7H,6,8H2,1-5H3,(H2,12,13). The number of nitrogen functional groups attached to an aromatic ring is 1. The van der Waals surface area contributed by atoms with Crippen molar-refractivity contribution in [2.75, 3.05) is 19.3 Å². The molecule has 0 saturated heterocycles. The topological polar surface area (TPSA) is 81.2 Å². The third kappa shape index (κ3) is 3.23. The summed E-state index contributed by atoms with van der Waals surface area (Å²) < 4.78 is 27.5. The van der Waals surface area contributed by atoms with Crippen LogP contribution in [0.25, 0.3) is 0 Å². The van der Waals surface area contributed by atoms with E-state index in [2.05, 4.69) is 5.10 Å². The van der Waals surface area contributed by atoms with E-state index in [1.54, 1.807) is 7.05 Å². The van der Waals surface area contributed by atoms with Crippen molar-refractivity contribution in [3.05, 3.63) is 6.20 Å². The van der Waals surface area contributed by atoms with E-state index in [-0.39, 0.29) is 16.1 Å². The molecule has 0 fully saturated rings. The van der Waals surface area contributed by atoms with Crippen molar-refractivity contribution in [2.45, 2.75) is 39.1 Å². The average molecular weight is 274 g/mol. The Balaban J connectivity index is 3.09. The summed E-state index contributed by atoms with van der Waals surface area (Å²) >= 11 is 0. The van der Waals surface area contributed by atoms with Gasteiger partial charge >= 0.3 is 0 Å². The first-order chi connectivity index (χ1) is 8.08. The van der Waals surface area contributed by atoms with Gasteiger partial charge in [-0.3, -0.25) is 4.68 Å². The van der Waals surface area contributed by atoms with Crippen LogP contribution in [0.5, 0.6) is 0 Å². The van der Waals surface area contributed by atoms with Gasteiger partial charge in [-0.15, -0.1) is 0 Å². The Morgan fingerprint density at radius 2 is 2.00 bits per heavy atom. The Labute approximate surface area is 109 Å². The third-order valence-electron chi connectivity index (χ3n) is 2.46. The van der Waals surface area contributed by atoms with Gasteiger partial charge in [-0.1, -0.05) is 20.8 Å². The highest BCUT2D eigenvalue weighted by Gasteiger charge is 2.28. The van der Waals surface area contributed by atoms with Crippen molar-refractivity contribution in [1.82, 2.24) is 14.1 Å². The molecule has 0 atom stereocenters. The molecule has 1 heterocycles. The quantitative estimate of drug-likeness (QED) is 0.893.